The number of esters is 2. The third kappa shape index (κ3) is 5.47. The molecule has 1 atom stereocenters. The number of nitrogens with one attached hydrogen (secondary N) is 1. The largest absolute Gasteiger partial charge is 0.467 e. The highest BCUT2D eigenvalue weighted by Gasteiger charge is 2.22. The van der Waals surface area contributed by atoms with Crippen LogP contribution in [0.4, 0.5) is 0 Å². The second kappa shape index (κ2) is 9.26. The number of ether oxygens (including phenoxy) is 2. The van der Waals surface area contributed by atoms with Crippen LogP contribution in [-0.4, -0.2) is 38.1 Å². The van der Waals surface area contributed by atoms with Gasteiger partial charge in [-0.05, 0) is 31.0 Å². The van der Waals surface area contributed by atoms with Crippen molar-refractivity contribution in [1.82, 2.24) is 5.32 Å². The van der Waals surface area contributed by atoms with Crippen molar-refractivity contribution >= 4 is 17.8 Å². The average molecular weight is 317 g/mol. The van der Waals surface area contributed by atoms with E-state index >= 15 is 0 Å². The van der Waals surface area contributed by atoms with Crippen molar-refractivity contribution in [3.8, 4) is 12.3 Å². The van der Waals surface area contributed by atoms with Gasteiger partial charge in [-0.1, -0.05) is 6.07 Å². The number of amides is 1. The Bertz CT molecular complexity index is 618. The first kappa shape index (κ1) is 18.2. The third-order valence-electron chi connectivity index (χ3n) is 3.15. The van der Waals surface area contributed by atoms with Gasteiger partial charge in [0.15, 0.2) is 0 Å². The summed E-state index contributed by atoms with van der Waals surface area (Å²) >= 11 is 0. The van der Waals surface area contributed by atoms with E-state index in [0.29, 0.717) is 19.3 Å². The number of benzene rings is 1. The van der Waals surface area contributed by atoms with Crippen LogP contribution in [0.5, 0.6) is 0 Å². The zero-order valence-corrected chi connectivity index (χ0v) is 13.1. The van der Waals surface area contributed by atoms with Crippen molar-refractivity contribution in [2.24, 2.45) is 0 Å². The van der Waals surface area contributed by atoms with Crippen LogP contribution in [0.1, 0.15) is 40.0 Å². The van der Waals surface area contributed by atoms with Crippen LogP contribution >= 0.6 is 0 Å². The fourth-order valence-electron chi connectivity index (χ4n) is 1.95. The Balaban J connectivity index is 2.83. The molecule has 1 aromatic rings. The molecule has 0 unspecified atom stereocenters. The summed E-state index contributed by atoms with van der Waals surface area (Å²) in [6.45, 7) is 0. The van der Waals surface area contributed by atoms with Gasteiger partial charge in [-0.15, -0.1) is 12.3 Å². The lowest BCUT2D eigenvalue weighted by Gasteiger charge is -2.16. The van der Waals surface area contributed by atoms with Crippen LogP contribution in [0.15, 0.2) is 24.3 Å². The number of carbonyl (C=O) groups is 3. The van der Waals surface area contributed by atoms with Crippen molar-refractivity contribution in [2.75, 3.05) is 14.2 Å². The van der Waals surface area contributed by atoms with Crippen molar-refractivity contribution in [3.63, 3.8) is 0 Å². The molecule has 6 heteroatoms. The molecule has 0 saturated carbocycles. The summed E-state index contributed by atoms with van der Waals surface area (Å²) in [5, 5.41) is 2.59. The molecule has 0 bridgehead atoms. The van der Waals surface area contributed by atoms with E-state index in [1.54, 1.807) is 6.07 Å². The van der Waals surface area contributed by atoms with Crippen LogP contribution in [-0.2, 0) is 14.3 Å². The van der Waals surface area contributed by atoms with Crippen molar-refractivity contribution in [3.05, 3.63) is 35.4 Å². The number of hydrogen-bond acceptors (Lipinski definition) is 5. The molecule has 0 radical (unpaired) electrons. The fourth-order valence-corrected chi connectivity index (χ4v) is 1.95. The maximum atomic E-state index is 12.3. The van der Waals surface area contributed by atoms with Gasteiger partial charge in [0, 0.05) is 12.0 Å². The molecule has 1 N–H and O–H groups in total. The van der Waals surface area contributed by atoms with Crippen LogP contribution in [0.25, 0.3) is 0 Å². The van der Waals surface area contributed by atoms with Crippen LogP contribution < -0.4 is 5.32 Å². The minimum absolute atomic E-state index is 0.249. The summed E-state index contributed by atoms with van der Waals surface area (Å²) in [4.78, 5) is 35.5. The monoisotopic (exact) mass is 317 g/mol. The van der Waals surface area contributed by atoms with Gasteiger partial charge in [0.25, 0.3) is 5.91 Å². The summed E-state index contributed by atoms with van der Waals surface area (Å²) in [6, 6.07) is 5.25. The first-order chi connectivity index (χ1) is 11.0. The van der Waals surface area contributed by atoms with E-state index in [4.69, 9.17) is 6.42 Å². The lowest BCUT2D eigenvalue weighted by atomic mass is 10.1. The number of unbranched alkanes of at least 4 members (excludes halogenated alkanes) is 1. The smallest absolute Gasteiger partial charge is 0.337 e. The van der Waals surface area contributed by atoms with Gasteiger partial charge in [-0.2, -0.15) is 0 Å². The summed E-state index contributed by atoms with van der Waals surface area (Å²) < 4.78 is 9.29. The van der Waals surface area contributed by atoms with Gasteiger partial charge < -0.3 is 14.8 Å². The van der Waals surface area contributed by atoms with Gasteiger partial charge in [0.05, 0.1) is 19.8 Å². The van der Waals surface area contributed by atoms with E-state index in [-0.39, 0.29) is 11.1 Å². The van der Waals surface area contributed by atoms with E-state index in [1.807, 2.05) is 0 Å². The maximum absolute atomic E-state index is 12.3. The van der Waals surface area contributed by atoms with Gasteiger partial charge in [0.2, 0.25) is 0 Å². The highest BCUT2D eigenvalue weighted by Crippen LogP contribution is 2.09. The molecule has 0 aromatic heterocycles. The quantitative estimate of drug-likeness (QED) is 0.469. The van der Waals surface area contributed by atoms with Crippen LogP contribution in [0, 0.1) is 12.3 Å². The van der Waals surface area contributed by atoms with E-state index in [0.717, 1.165) is 0 Å². The van der Waals surface area contributed by atoms with Gasteiger partial charge in [0.1, 0.15) is 6.04 Å². The highest BCUT2D eigenvalue weighted by molar-refractivity contribution is 5.99. The predicted octanol–water partition coefficient (Wildman–Crippen LogP) is 1.55. The Hall–Kier alpha value is -2.81. The number of rotatable bonds is 7. The van der Waals surface area contributed by atoms with Crippen molar-refractivity contribution < 1.29 is 23.9 Å². The van der Waals surface area contributed by atoms with Crippen molar-refractivity contribution in [2.45, 2.75) is 25.3 Å². The fraction of sp³-hybridized carbons (Fsp3) is 0.353. The van der Waals surface area contributed by atoms with Crippen molar-refractivity contribution in [1.29, 1.82) is 0 Å². The molecule has 1 amide bonds. The molecule has 23 heavy (non-hydrogen) atoms. The molecular formula is C17H19NO5. The SMILES string of the molecule is C#CCCC[C@H](NC(=O)c1cccc(C(=O)OC)c1)C(=O)OC. The van der Waals surface area contributed by atoms with E-state index < -0.39 is 23.9 Å². The number of carbonyl (C=O) groups excluding carboxylic acids is 3. The topological polar surface area (TPSA) is 81.7 Å². The van der Waals surface area contributed by atoms with Crippen LogP contribution in [0.3, 0.4) is 0 Å². The van der Waals surface area contributed by atoms with E-state index in [2.05, 4.69) is 20.7 Å². The molecule has 0 fully saturated rings. The lowest BCUT2D eigenvalue weighted by Crippen LogP contribution is -2.41. The summed E-state index contributed by atoms with van der Waals surface area (Å²) in [7, 11) is 2.51. The molecule has 122 valence electrons. The summed E-state index contributed by atoms with van der Waals surface area (Å²) in [5.41, 5.74) is 0.501. The van der Waals surface area contributed by atoms with Gasteiger partial charge in [-0.3, -0.25) is 4.79 Å². The molecule has 0 aliphatic heterocycles. The van der Waals surface area contributed by atoms with Gasteiger partial charge >= 0.3 is 11.9 Å². The third-order valence-corrected chi connectivity index (χ3v) is 3.15. The Labute approximate surface area is 135 Å². The molecule has 6 nitrogen and oxygen atoms in total. The second-order valence-corrected chi connectivity index (χ2v) is 4.72. The Morgan fingerprint density at radius 3 is 2.52 bits per heavy atom. The number of methoxy groups -OCH3 is 2. The second-order valence-electron chi connectivity index (χ2n) is 4.72. The highest BCUT2D eigenvalue weighted by atomic mass is 16.5. The minimum atomic E-state index is -0.789. The van der Waals surface area contributed by atoms with Gasteiger partial charge in [-0.25, -0.2) is 9.59 Å². The Kier molecular flexibility index (Phi) is 7.34. The maximum Gasteiger partial charge on any atom is 0.337 e. The molecule has 0 spiro atoms. The zero-order chi connectivity index (χ0) is 17.2. The van der Waals surface area contributed by atoms with Crippen LogP contribution in [0.2, 0.25) is 0 Å². The molecule has 0 aliphatic carbocycles. The van der Waals surface area contributed by atoms with E-state index in [1.165, 1.54) is 32.4 Å². The number of hydrogen-bond donors (Lipinski definition) is 1. The summed E-state index contributed by atoms with van der Waals surface area (Å²) in [5.74, 6) is 0.910. The Morgan fingerprint density at radius 1 is 1.22 bits per heavy atom. The summed E-state index contributed by atoms with van der Waals surface area (Å²) in [6.07, 6.45) is 6.63. The first-order valence-electron chi connectivity index (χ1n) is 7.04. The lowest BCUT2D eigenvalue weighted by molar-refractivity contribution is -0.143. The normalized spacial score (nSPS) is 11.0. The molecule has 1 rings (SSSR count). The molecule has 0 heterocycles. The zero-order valence-electron chi connectivity index (χ0n) is 13.1. The standard InChI is InChI=1S/C17H19NO5/c1-4-5-6-10-14(17(21)23-3)18-15(19)12-8-7-9-13(11-12)16(20)22-2/h1,7-9,11,14H,5-6,10H2,2-3H3,(H,18,19)/t14-/m0/s1. The molecule has 1 aromatic carbocycles. The molecular weight excluding hydrogens is 298 g/mol. The van der Waals surface area contributed by atoms with E-state index in [9.17, 15) is 14.4 Å². The first-order valence-corrected chi connectivity index (χ1v) is 7.04. The molecule has 0 saturated heterocycles. The average Bonchev–Trinajstić information content (AvgIpc) is 2.59. The molecule has 0 aliphatic rings. The predicted molar refractivity (Wildman–Crippen MR) is 83.7 cm³/mol. The minimum Gasteiger partial charge on any atom is -0.467 e. The Morgan fingerprint density at radius 2 is 1.91 bits per heavy atom. The number of terminal acetylenes is 1.